The normalized spacial score (nSPS) is 22.2. The van der Waals surface area contributed by atoms with Gasteiger partial charge in [-0.3, -0.25) is 4.79 Å². The zero-order valence-electron chi connectivity index (χ0n) is 14.8. The summed E-state index contributed by atoms with van der Waals surface area (Å²) in [6, 6.07) is 9.98. The molecule has 1 saturated heterocycles. The van der Waals surface area contributed by atoms with Gasteiger partial charge in [0.05, 0.1) is 0 Å². The van der Waals surface area contributed by atoms with Gasteiger partial charge in [-0.2, -0.15) is 0 Å². The summed E-state index contributed by atoms with van der Waals surface area (Å²) in [5.74, 6) is 1.77. The fourth-order valence-corrected chi connectivity index (χ4v) is 4.02. The first-order valence-electron chi connectivity index (χ1n) is 8.83. The van der Waals surface area contributed by atoms with Gasteiger partial charge in [0, 0.05) is 26.3 Å². The molecule has 0 spiro atoms. The highest BCUT2D eigenvalue weighted by Crippen LogP contribution is 2.37. The summed E-state index contributed by atoms with van der Waals surface area (Å²) < 4.78 is 12.8. The molecule has 1 fully saturated rings. The van der Waals surface area contributed by atoms with Crippen molar-refractivity contribution in [3.8, 4) is 11.5 Å². The lowest BCUT2D eigenvalue weighted by Crippen LogP contribution is -2.46. The number of aryl methyl sites for hydroxylation is 1. The maximum Gasteiger partial charge on any atom is 0.270 e. The van der Waals surface area contributed by atoms with E-state index in [1.165, 1.54) is 5.56 Å². The van der Waals surface area contributed by atoms with E-state index >= 15 is 0 Å². The highest BCUT2D eigenvalue weighted by Gasteiger charge is 2.34. The fraction of sp³-hybridized carbons (Fsp3) is 0.450. The van der Waals surface area contributed by atoms with Gasteiger partial charge in [-0.15, -0.1) is 0 Å². The van der Waals surface area contributed by atoms with Crippen LogP contribution in [-0.2, 0) is 13.5 Å². The summed E-state index contributed by atoms with van der Waals surface area (Å²) in [6.07, 6.45) is 5.01. The van der Waals surface area contributed by atoms with E-state index in [-0.39, 0.29) is 11.3 Å². The Hall–Kier alpha value is -2.43. The second kappa shape index (κ2) is 6.14. The van der Waals surface area contributed by atoms with Crippen molar-refractivity contribution in [3.05, 3.63) is 47.8 Å². The van der Waals surface area contributed by atoms with Crippen molar-refractivity contribution in [1.82, 2.24) is 9.47 Å². The van der Waals surface area contributed by atoms with E-state index in [0.717, 1.165) is 49.5 Å². The molecule has 2 aliphatic rings. The third-order valence-corrected chi connectivity index (χ3v) is 5.30. The van der Waals surface area contributed by atoms with E-state index < -0.39 is 0 Å². The largest absolute Gasteiger partial charge is 0.454 e. The highest BCUT2D eigenvalue weighted by molar-refractivity contribution is 5.92. The number of rotatable bonds is 3. The molecule has 1 atom stereocenters. The summed E-state index contributed by atoms with van der Waals surface area (Å²) in [6.45, 7) is 4.20. The molecule has 0 saturated carbocycles. The smallest absolute Gasteiger partial charge is 0.270 e. The summed E-state index contributed by atoms with van der Waals surface area (Å²) in [4.78, 5) is 14.8. The number of likely N-dealkylation sites (tertiary alicyclic amines) is 1. The van der Waals surface area contributed by atoms with E-state index in [1.54, 1.807) is 0 Å². The molecule has 2 aliphatic heterocycles. The van der Waals surface area contributed by atoms with E-state index in [1.807, 2.05) is 40.9 Å². The number of nitrogens with zero attached hydrogens (tertiary/aromatic N) is 2. The number of fused-ring (bicyclic) bond motifs is 1. The molecule has 0 N–H and O–H groups in total. The van der Waals surface area contributed by atoms with Gasteiger partial charge in [0.25, 0.3) is 5.91 Å². The Labute approximate surface area is 148 Å². The molecule has 1 unspecified atom stereocenters. The van der Waals surface area contributed by atoms with Crippen molar-refractivity contribution in [2.24, 2.45) is 12.5 Å². The predicted octanol–water partition coefficient (Wildman–Crippen LogP) is 3.24. The van der Waals surface area contributed by atoms with Gasteiger partial charge in [0.15, 0.2) is 11.5 Å². The van der Waals surface area contributed by atoms with Crippen molar-refractivity contribution in [2.45, 2.75) is 26.2 Å². The highest BCUT2D eigenvalue weighted by atomic mass is 16.7. The summed E-state index contributed by atoms with van der Waals surface area (Å²) in [7, 11) is 1.92. The molecule has 0 radical (unpaired) electrons. The molecular weight excluding hydrogens is 316 g/mol. The number of carbonyl (C=O) groups is 1. The van der Waals surface area contributed by atoms with Crippen LogP contribution in [0, 0.1) is 5.41 Å². The molecule has 5 nitrogen and oxygen atoms in total. The van der Waals surface area contributed by atoms with E-state index in [2.05, 4.69) is 19.1 Å². The van der Waals surface area contributed by atoms with Crippen LogP contribution in [0.1, 0.15) is 35.8 Å². The monoisotopic (exact) mass is 340 g/mol. The van der Waals surface area contributed by atoms with Crippen LogP contribution in [0.5, 0.6) is 11.5 Å². The first-order chi connectivity index (χ1) is 12.0. The van der Waals surface area contributed by atoms with Crippen LogP contribution in [0.4, 0.5) is 0 Å². The Bertz CT molecular complexity index is 798. The third kappa shape index (κ3) is 3.11. The van der Waals surface area contributed by atoms with Gasteiger partial charge in [-0.05, 0) is 54.5 Å². The number of carbonyl (C=O) groups excluding carboxylic acids is 1. The number of benzene rings is 1. The predicted molar refractivity (Wildman–Crippen MR) is 94.9 cm³/mol. The molecule has 25 heavy (non-hydrogen) atoms. The van der Waals surface area contributed by atoms with Crippen molar-refractivity contribution in [2.75, 3.05) is 19.9 Å². The lowest BCUT2D eigenvalue weighted by atomic mass is 9.77. The first-order valence-corrected chi connectivity index (χ1v) is 8.83. The number of ether oxygens (including phenoxy) is 2. The molecule has 1 aromatic heterocycles. The maximum atomic E-state index is 12.8. The summed E-state index contributed by atoms with van der Waals surface area (Å²) >= 11 is 0. The zero-order chi connectivity index (χ0) is 17.4. The van der Waals surface area contributed by atoms with Crippen molar-refractivity contribution in [1.29, 1.82) is 0 Å². The van der Waals surface area contributed by atoms with Crippen molar-refractivity contribution >= 4 is 5.91 Å². The minimum atomic E-state index is 0.0762. The van der Waals surface area contributed by atoms with Crippen LogP contribution in [-0.4, -0.2) is 35.3 Å². The second-order valence-electron chi connectivity index (χ2n) is 7.51. The summed E-state index contributed by atoms with van der Waals surface area (Å²) in [5.41, 5.74) is 2.07. The van der Waals surface area contributed by atoms with E-state index in [0.29, 0.717) is 6.79 Å². The molecular formula is C20H24N2O3. The Morgan fingerprint density at radius 2 is 2.08 bits per heavy atom. The van der Waals surface area contributed by atoms with E-state index in [9.17, 15) is 4.79 Å². The minimum absolute atomic E-state index is 0.0762. The summed E-state index contributed by atoms with van der Waals surface area (Å²) in [5, 5.41) is 0. The molecule has 0 bridgehead atoms. The van der Waals surface area contributed by atoms with Gasteiger partial charge < -0.3 is 18.9 Å². The van der Waals surface area contributed by atoms with E-state index in [4.69, 9.17) is 9.47 Å². The van der Waals surface area contributed by atoms with Gasteiger partial charge in [-0.1, -0.05) is 13.0 Å². The SMILES string of the molecule is Cn1cccc1C(=O)N1CCCC(C)(Cc2ccc3c(c2)OCO3)C1. The maximum absolute atomic E-state index is 12.8. The number of hydrogen-bond acceptors (Lipinski definition) is 3. The molecule has 4 rings (SSSR count). The van der Waals surface area contributed by atoms with Gasteiger partial charge in [-0.25, -0.2) is 0 Å². The average Bonchev–Trinajstić information content (AvgIpc) is 3.22. The molecule has 1 amide bonds. The third-order valence-electron chi connectivity index (χ3n) is 5.30. The number of hydrogen-bond donors (Lipinski definition) is 0. The Morgan fingerprint density at radius 3 is 2.88 bits per heavy atom. The van der Waals surface area contributed by atoms with Crippen LogP contribution in [0.25, 0.3) is 0 Å². The Kier molecular flexibility index (Phi) is 3.94. The quantitative estimate of drug-likeness (QED) is 0.861. The van der Waals surface area contributed by atoms with Crippen LogP contribution in [0.3, 0.4) is 0 Å². The fourth-order valence-electron chi connectivity index (χ4n) is 4.02. The van der Waals surface area contributed by atoms with Crippen molar-refractivity contribution in [3.63, 3.8) is 0 Å². The Balaban J connectivity index is 1.49. The standard InChI is InChI=1S/C20H24N2O3/c1-20(12-15-6-7-17-18(11-15)25-14-24-17)8-4-10-22(13-20)19(23)16-5-3-9-21(16)2/h3,5-7,9,11H,4,8,10,12-14H2,1-2H3. The molecule has 1 aromatic carbocycles. The van der Waals surface area contributed by atoms with Gasteiger partial charge in [0.2, 0.25) is 6.79 Å². The lowest BCUT2D eigenvalue weighted by molar-refractivity contribution is 0.0541. The van der Waals surface area contributed by atoms with Crippen molar-refractivity contribution < 1.29 is 14.3 Å². The first kappa shape index (κ1) is 16.1. The number of amides is 1. The van der Waals surface area contributed by atoms with Gasteiger partial charge in [0.1, 0.15) is 5.69 Å². The molecule has 5 heteroatoms. The lowest BCUT2D eigenvalue weighted by Gasteiger charge is -2.40. The molecule has 3 heterocycles. The van der Waals surface area contributed by atoms with Crippen LogP contribution >= 0.6 is 0 Å². The number of piperidine rings is 1. The zero-order valence-corrected chi connectivity index (χ0v) is 14.8. The Morgan fingerprint density at radius 1 is 1.24 bits per heavy atom. The van der Waals surface area contributed by atoms with Crippen LogP contribution in [0.15, 0.2) is 36.5 Å². The second-order valence-corrected chi connectivity index (χ2v) is 7.51. The molecule has 132 valence electrons. The average molecular weight is 340 g/mol. The molecule has 0 aliphatic carbocycles. The molecule has 2 aromatic rings. The number of aromatic nitrogens is 1. The topological polar surface area (TPSA) is 43.7 Å². The van der Waals surface area contributed by atoms with Crippen LogP contribution in [0.2, 0.25) is 0 Å². The van der Waals surface area contributed by atoms with Gasteiger partial charge >= 0.3 is 0 Å². The van der Waals surface area contributed by atoms with Crippen LogP contribution < -0.4 is 9.47 Å². The minimum Gasteiger partial charge on any atom is -0.454 e.